The molecule has 0 atom stereocenters. The summed E-state index contributed by atoms with van der Waals surface area (Å²) in [5.74, 6) is 1.38. The van der Waals surface area contributed by atoms with Crippen LogP contribution in [0.1, 0.15) is 0 Å². The Bertz CT molecular complexity index is 754. The van der Waals surface area contributed by atoms with E-state index in [4.69, 9.17) is 10.5 Å². The highest BCUT2D eigenvalue weighted by Gasteiger charge is 2.13. The van der Waals surface area contributed by atoms with Gasteiger partial charge in [0, 0.05) is 43.4 Å². The molecule has 98 valence electrons. The topological polar surface area (TPSA) is 58.0 Å². The van der Waals surface area contributed by atoms with E-state index in [1.165, 1.54) is 0 Å². The van der Waals surface area contributed by atoms with Gasteiger partial charge in [0.05, 0.1) is 18.3 Å². The van der Waals surface area contributed by atoms with Gasteiger partial charge in [-0.15, -0.1) is 0 Å². The standard InChI is InChI=1S/C14H16N4O/c1-17-8-11(13-7-14(15)16-18(13)2)10-5-4-9(19-3)6-12(10)17/h4-8H,1-3H3,(H2,15,16). The van der Waals surface area contributed by atoms with Crippen LogP contribution in [0.15, 0.2) is 30.5 Å². The first-order valence-electron chi connectivity index (χ1n) is 6.03. The molecule has 2 N–H and O–H groups in total. The molecular weight excluding hydrogens is 240 g/mol. The van der Waals surface area contributed by atoms with Crippen molar-refractivity contribution in [2.75, 3.05) is 12.8 Å². The third-order valence-corrected chi connectivity index (χ3v) is 3.37. The normalized spacial score (nSPS) is 11.1. The second-order valence-corrected chi connectivity index (χ2v) is 4.61. The molecule has 5 heteroatoms. The summed E-state index contributed by atoms with van der Waals surface area (Å²) in [6.07, 6.45) is 2.08. The van der Waals surface area contributed by atoms with Crippen LogP contribution in [0.2, 0.25) is 0 Å². The van der Waals surface area contributed by atoms with Gasteiger partial charge in [0.25, 0.3) is 0 Å². The van der Waals surface area contributed by atoms with E-state index in [0.717, 1.165) is 27.9 Å². The average molecular weight is 256 g/mol. The fourth-order valence-corrected chi connectivity index (χ4v) is 2.44. The second-order valence-electron chi connectivity index (χ2n) is 4.61. The molecule has 0 fully saturated rings. The fourth-order valence-electron chi connectivity index (χ4n) is 2.44. The van der Waals surface area contributed by atoms with E-state index in [1.807, 2.05) is 32.3 Å². The number of aromatic nitrogens is 3. The molecule has 3 rings (SSSR count). The molecule has 0 amide bonds. The number of nitrogen functional groups attached to an aromatic ring is 1. The third kappa shape index (κ3) is 1.74. The van der Waals surface area contributed by atoms with Crippen LogP contribution in [0.4, 0.5) is 5.82 Å². The summed E-state index contributed by atoms with van der Waals surface area (Å²) in [5, 5.41) is 5.36. The Morgan fingerprint density at radius 2 is 2.00 bits per heavy atom. The Labute approximate surface area is 111 Å². The molecule has 0 aliphatic carbocycles. The molecule has 1 aromatic carbocycles. The molecule has 0 saturated heterocycles. The van der Waals surface area contributed by atoms with E-state index in [1.54, 1.807) is 11.8 Å². The van der Waals surface area contributed by atoms with Gasteiger partial charge in [0.1, 0.15) is 11.6 Å². The molecule has 19 heavy (non-hydrogen) atoms. The highest BCUT2D eigenvalue weighted by molar-refractivity contribution is 5.96. The van der Waals surface area contributed by atoms with Crippen molar-refractivity contribution in [2.45, 2.75) is 0 Å². The van der Waals surface area contributed by atoms with E-state index in [9.17, 15) is 0 Å². The molecule has 0 unspecified atom stereocenters. The highest BCUT2D eigenvalue weighted by atomic mass is 16.5. The van der Waals surface area contributed by atoms with E-state index in [-0.39, 0.29) is 0 Å². The number of ether oxygens (including phenoxy) is 1. The molecule has 0 aliphatic heterocycles. The highest BCUT2D eigenvalue weighted by Crippen LogP contribution is 2.32. The number of methoxy groups -OCH3 is 1. The summed E-state index contributed by atoms with van der Waals surface area (Å²) in [4.78, 5) is 0. The minimum Gasteiger partial charge on any atom is -0.497 e. The van der Waals surface area contributed by atoms with Gasteiger partial charge in [0.2, 0.25) is 0 Å². The van der Waals surface area contributed by atoms with Gasteiger partial charge in [0.15, 0.2) is 0 Å². The Hall–Kier alpha value is -2.43. The zero-order valence-corrected chi connectivity index (χ0v) is 11.2. The number of hydrogen-bond donors (Lipinski definition) is 1. The van der Waals surface area contributed by atoms with Gasteiger partial charge < -0.3 is 15.0 Å². The van der Waals surface area contributed by atoms with Crippen molar-refractivity contribution < 1.29 is 4.74 Å². The maximum absolute atomic E-state index is 5.75. The first-order valence-corrected chi connectivity index (χ1v) is 6.03. The van der Waals surface area contributed by atoms with Gasteiger partial charge in [-0.25, -0.2) is 0 Å². The zero-order chi connectivity index (χ0) is 13.6. The van der Waals surface area contributed by atoms with Crippen molar-refractivity contribution in [1.82, 2.24) is 14.3 Å². The number of aryl methyl sites for hydroxylation is 2. The lowest BCUT2D eigenvalue weighted by atomic mass is 10.1. The van der Waals surface area contributed by atoms with Crippen LogP contribution >= 0.6 is 0 Å². The number of benzene rings is 1. The van der Waals surface area contributed by atoms with Crippen LogP contribution in [0.3, 0.4) is 0 Å². The molecule has 2 aromatic heterocycles. The Morgan fingerprint density at radius 1 is 1.21 bits per heavy atom. The molecule has 0 aliphatic rings. The van der Waals surface area contributed by atoms with Crippen LogP contribution in [0, 0.1) is 0 Å². The van der Waals surface area contributed by atoms with Crippen molar-refractivity contribution in [1.29, 1.82) is 0 Å². The van der Waals surface area contributed by atoms with E-state index < -0.39 is 0 Å². The van der Waals surface area contributed by atoms with Gasteiger partial charge in [-0.3, -0.25) is 4.68 Å². The summed E-state index contributed by atoms with van der Waals surface area (Å²) < 4.78 is 9.15. The Balaban J connectivity index is 2.28. The van der Waals surface area contributed by atoms with E-state index >= 15 is 0 Å². The first kappa shape index (κ1) is 11.6. The summed E-state index contributed by atoms with van der Waals surface area (Å²) >= 11 is 0. The SMILES string of the molecule is COc1ccc2c(-c3cc(N)nn3C)cn(C)c2c1. The lowest BCUT2D eigenvalue weighted by Crippen LogP contribution is -1.94. The number of fused-ring (bicyclic) bond motifs is 1. The quantitative estimate of drug-likeness (QED) is 0.764. The third-order valence-electron chi connectivity index (χ3n) is 3.37. The summed E-state index contributed by atoms with van der Waals surface area (Å²) in [6.45, 7) is 0. The van der Waals surface area contributed by atoms with Gasteiger partial charge >= 0.3 is 0 Å². The Morgan fingerprint density at radius 3 is 2.63 bits per heavy atom. The van der Waals surface area contributed by atoms with Crippen LogP contribution < -0.4 is 10.5 Å². The first-order chi connectivity index (χ1) is 9.10. The van der Waals surface area contributed by atoms with Crippen LogP contribution in [-0.4, -0.2) is 21.5 Å². The van der Waals surface area contributed by atoms with Crippen molar-refractivity contribution in [2.24, 2.45) is 14.1 Å². The molecule has 2 heterocycles. The Kier molecular flexibility index (Phi) is 2.48. The lowest BCUT2D eigenvalue weighted by Gasteiger charge is -2.02. The number of nitrogens with two attached hydrogens (primary N) is 1. The predicted molar refractivity (Wildman–Crippen MR) is 76.1 cm³/mol. The molecule has 0 radical (unpaired) electrons. The van der Waals surface area contributed by atoms with Crippen molar-refractivity contribution >= 4 is 16.7 Å². The number of rotatable bonds is 2. The molecular formula is C14H16N4O. The van der Waals surface area contributed by atoms with E-state index in [0.29, 0.717) is 5.82 Å². The molecule has 0 spiro atoms. The predicted octanol–water partition coefficient (Wildman–Crippen LogP) is 2.17. The number of anilines is 1. The number of nitrogens with zero attached hydrogens (tertiary/aromatic N) is 3. The maximum atomic E-state index is 5.75. The van der Waals surface area contributed by atoms with Crippen molar-refractivity contribution in [3.05, 3.63) is 30.5 Å². The minimum absolute atomic E-state index is 0.531. The largest absolute Gasteiger partial charge is 0.497 e. The number of hydrogen-bond acceptors (Lipinski definition) is 3. The van der Waals surface area contributed by atoms with Crippen LogP contribution in [-0.2, 0) is 14.1 Å². The summed E-state index contributed by atoms with van der Waals surface area (Å²) in [7, 11) is 5.59. The fraction of sp³-hybridized carbons (Fsp3) is 0.214. The molecule has 0 saturated carbocycles. The lowest BCUT2D eigenvalue weighted by molar-refractivity contribution is 0.415. The van der Waals surface area contributed by atoms with Crippen molar-refractivity contribution in [3.63, 3.8) is 0 Å². The van der Waals surface area contributed by atoms with Crippen LogP contribution in [0.25, 0.3) is 22.2 Å². The minimum atomic E-state index is 0.531. The second kappa shape index (κ2) is 4.05. The van der Waals surface area contributed by atoms with Gasteiger partial charge in [-0.05, 0) is 12.1 Å². The van der Waals surface area contributed by atoms with Crippen LogP contribution in [0.5, 0.6) is 5.75 Å². The molecule has 0 bridgehead atoms. The monoisotopic (exact) mass is 256 g/mol. The molecule has 3 aromatic rings. The average Bonchev–Trinajstić information content (AvgIpc) is 2.89. The summed E-state index contributed by atoms with van der Waals surface area (Å²) in [6, 6.07) is 7.94. The van der Waals surface area contributed by atoms with Crippen molar-refractivity contribution in [3.8, 4) is 17.0 Å². The van der Waals surface area contributed by atoms with Gasteiger partial charge in [-0.1, -0.05) is 0 Å². The summed E-state index contributed by atoms with van der Waals surface area (Å²) in [5.41, 5.74) is 9.00. The zero-order valence-electron chi connectivity index (χ0n) is 11.2. The van der Waals surface area contributed by atoms with Gasteiger partial charge in [-0.2, -0.15) is 5.10 Å². The smallest absolute Gasteiger partial charge is 0.146 e. The van der Waals surface area contributed by atoms with E-state index in [2.05, 4.69) is 21.9 Å². The maximum Gasteiger partial charge on any atom is 0.146 e. The molecule has 5 nitrogen and oxygen atoms in total.